The molecule has 0 saturated heterocycles. The Bertz CT molecular complexity index is 616. The highest BCUT2D eigenvalue weighted by Gasteiger charge is 2.15. The lowest BCUT2D eigenvalue weighted by Gasteiger charge is -2.23. The molecule has 4 heteroatoms. The van der Waals surface area contributed by atoms with Gasteiger partial charge in [0.15, 0.2) is 0 Å². The molecule has 0 aliphatic rings. The number of carbonyl (C=O) groups is 1. The molecule has 1 aromatic heterocycles. The van der Waals surface area contributed by atoms with Gasteiger partial charge in [0.2, 0.25) is 5.91 Å². The molecule has 3 nitrogen and oxygen atoms in total. The zero-order chi connectivity index (χ0) is 16.5. The maximum absolute atomic E-state index is 12.5. The second-order valence-electron chi connectivity index (χ2n) is 5.58. The number of pyridine rings is 1. The predicted octanol–water partition coefficient (Wildman–Crippen LogP) is 4.50. The molecule has 2 rings (SSSR count). The Balaban J connectivity index is 2.05. The number of unbranched alkanes of at least 4 members (excludes halogenated alkanes) is 1. The van der Waals surface area contributed by atoms with Gasteiger partial charge in [-0.25, -0.2) is 0 Å². The van der Waals surface area contributed by atoms with Gasteiger partial charge in [0.25, 0.3) is 0 Å². The fourth-order valence-corrected chi connectivity index (χ4v) is 2.60. The molecule has 2 aromatic rings. The van der Waals surface area contributed by atoms with E-state index in [-0.39, 0.29) is 5.91 Å². The normalized spacial score (nSPS) is 10.5. The molecule has 0 unspecified atom stereocenters. The number of carbonyl (C=O) groups excluding carboxylic acids is 1. The maximum Gasteiger partial charge on any atom is 0.222 e. The van der Waals surface area contributed by atoms with Crippen molar-refractivity contribution >= 4 is 17.5 Å². The van der Waals surface area contributed by atoms with Gasteiger partial charge >= 0.3 is 0 Å². The van der Waals surface area contributed by atoms with Crippen molar-refractivity contribution in [3.63, 3.8) is 0 Å². The van der Waals surface area contributed by atoms with Gasteiger partial charge in [-0.15, -0.1) is 0 Å². The summed E-state index contributed by atoms with van der Waals surface area (Å²) < 4.78 is 0. The van der Waals surface area contributed by atoms with Crippen LogP contribution in [0.2, 0.25) is 5.02 Å². The molecule has 0 aliphatic heterocycles. The minimum atomic E-state index is 0.183. The number of aromatic nitrogens is 1. The molecule has 23 heavy (non-hydrogen) atoms. The third kappa shape index (κ3) is 5.68. The van der Waals surface area contributed by atoms with E-state index in [2.05, 4.69) is 11.9 Å². The molecule has 0 fully saturated rings. The Morgan fingerprint density at radius 1 is 1.17 bits per heavy atom. The van der Waals surface area contributed by atoms with Crippen LogP contribution in [0.5, 0.6) is 0 Å². The maximum atomic E-state index is 12.5. The van der Waals surface area contributed by atoms with Crippen molar-refractivity contribution < 1.29 is 4.79 Å². The van der Waals surface area contributed by atoms with Crippen LogP contribution in [0.1, 0.15) is 37.4 Å². The third-order valence-electron chi connectivity index (χ3n) is 3.78. The molecule has 1 amide bonds. The van der Waals surface area contributed by atoms with Crippen LogP contribution in [0.3, 0.4) is 0 Å². The number of hydrogen-bond donors (Lipinski definition) is 0. The first-order valence-electron chi connectivity index (χ1n) is 8.11. The van der Waals surface area contributed by atoms with Crippen LogP contribution >= 0.6 is 11.6 Å². The van der Waals surface area contributed by atoms with Gasteiger partial charge < -0.3 is 4.90 Å². The molecule has 122 valence electrons. The first-order valence-corrected chi connectivity index (χ1v) is 8.49. The SMILES string of the molecule is CCCCC(=O)N(CCc1ccccn1)Cc1ccccc1Cl. The summed E-state index contributed by atoms with van der Waals surface area (Å²) >= 11 is 6.24. The average Bonchev–Trinajstić information content (AvgIpc) is 2.59. The summed E-state index contributed by atoms with van der Waals surface area (Å²) in [5, 5.41) is 0.707. The number of rotatable bonds is 8. The van der Waals surface area contributed by atoms with Gasteiger partial charge in [-0.3, -0.25) is 9.78 Å². The van der Waals surface area contributed by atoms with E-state index in [9.17, 15) is 4.79 Å². The topological polar surface area (TPSA) is 33.2 Å². The van der Waals surface area contributed by atoms with E-state index in [1.165, 1.54) is 0 Å². The molecule has 0 saturated carbocycles. The van der Waals surface area contributed by atoms with Gasteiger partial charge in [-0.1, -0.05) is 49.2 Å². The van der Waals surface area contributed by atoms with Crippen LogP contribution in [0.4, 0.5) is 0 Å². The molecular formula is C19H23ClN2O. The fourth-order valence-electron chi connectivity index (χ4n) is 2.41. The van der Waals surface area contributed by atoms with Crippen molar-refractivity contribution in [3.05, 3.63) is 64.9 Å². The van der Waals surface area contributed by atoms with Crippen LogP contribution in [0, 0.1) is 0 Å². The van der Waals surface area contributed by atoms with Crippen LogP contribution < -0.4 is 0 Å². The minimum Gasteiger partial charge on any atom is -0.338 e. The quantitative estimate of drug-likeness (QED) is 0.714. The van der Waals surface area contributed by atoms with E-state index in [1.807, 2.05) is 47.4 Å². The van der Waals surface area contributed by atoms with E-state index < -0.39 is 0 Å². The highest BCUT2D eigenvalue weighted by atomic mass is 35.5. The monoisotopic (exact) mass is 330 g/mol. The second kappa shape index (κ2) is 9.31. The number of benzene rings is 1. The smallest absolute Gasteiger partial charge is 0.222 e. The van der Waals surface area contributed by atoms with Crippen molar-refractivity contribution in [2.45, 2.75) is 39.2 Å². The van der Waals surface area contributed by atoms with Gasteiger partial charge in [-0.2, -0.15) is 0 Å². The predicted molar refractivity (Wildman–Crippen MR) is 94.3 cm³/mol. The van der Waals surface area contributed by atoms with Crippen molar-refractivity contribution in [3.8, 4) is 0 Å². The van der Waals surface area contributed by atoms with Crippen molar-refractivity contribution in [1.82, 2.24) is 9.88 Å². The fraction of sp³-hybridized carbons (Fsp3) is 0.368. The van der Waals surface area contributed by atoms with Crippen LogP contribution in [-0.4, -0.2) is 22.3 Å². The summed E-state index contributed by atoms with van der Waals surface area (Å²) in [4.78, 5) is 18.7. The van der Waals surface area contributed by atoms with E-state index >= 15 is 0 Å². The Morgan fingerprint density at radius 2 is 1.96 bits per heavy atom. The molecule has 0 bridgehead atoms. The first kappa shape index (κ1) is 17.5. The van der Waals surface area contributed by atoms with E-state index in [0.717, 1.165) is 30.5 Å². The molecule has 0 spiro atoms. The zero-order valence-corrected chi connectivity index (χ0v) is 14.3. The molecule has 0 aliphatic carbocycles. The van der Waals surface area contributed by atoms with Crippen LogP contribution in [-0.2, 0) is 17.8 Å². The lowest BCUT2D eigenvalue weighted by molar-refractivity contribution is -0.131. The number of amides is 1. The number of halogens is 1. The third-order valence-corrected chi connectivity index (χ3v) is 4.15. The second-order valence-corrected chi connectivity index (χ2v) is 5.99. The minimum absolute atomic E-state index is 0.183. The first-order chi connectivity index (χ1) is 11.2. The Kier molecular flexibility index (Phi) is 7.08. The Hall–Kier alpha value is -1.87. The van der Waals surface area contributed by atoms with Crippen molar-refractivity contribution in [2.75, 3.05) is 6.54 Å². The summed E-state index contributed by atoms with van der Waals surface area (Å²) in [6.45, 7) is 3.30. The summed E-state index contributed by atoms with van der Waals surface area (Å²) in [6, 6.07) is 13.6. The largest absolute Gasteiger partial charge is 0.338 e. The van der Waals surface area contributed by atoms with Gasteiger partial charge in [0.1, 0.15) is 0 Å². The standard InChI is InChI=1S/C19H23ClN2O/c1-2-3-11-19(23)22(14-12-17-9-6-7-13-21-17)15-16-8-4-5-10-18(16)20/h4-10,13H,2-3,11-12,14-15H2,1H3. The molecule has 1 aromatic carbocycles. The van der Waals surface area contributed by atoms with Crippen molar-refractivity contribution in [2.24, 2.45) is 0 Å². The van der Waals surface area contributed by atoms with E-state index in [0.29, 0.717) is 24.5 Å². The summed E-state index contributed by atoms with van der Waals surface area (Å²) in [6.07, 6.45) is 5.06. The van der Waals surface area contributed by atoms with E-state index in [1.54, 1.807) is 6.20 Å². The highest BCUT2D eigenvalue weighted by Crippen LogP contribution is 2.18. The molecule has 1 heterocycles. The summed E-state index contributed by atoms with van der Waals surface area (Å²) in [7, 11) is 0. The summed E-state index contributed by atoms with van der Waals surface area (Å²) in [5.41, 5.74) is 1.99. The number of nitrogens with zero attached hydrogens (tertiary/aromatic N) is 2. The molecule has 0 atom stereocenters. The lowest BCUT2D eigenvalue weighted by atomic mass is 10.1. The van der Waals surface area contributed by atoms with Gasteiger partial charge in [0, 0.05) is 42.8 Å². The lowest BCUT2D eigenvalue weighted by Crippen LogP contribution is -2.32. The Labute approximate surface area is 143 Å². The van der Waals surface area contributed by atoms with Crippen molar-refractivity contribution in [1.29, 1.82) is 0 Å². The van der Waals surface area contributed by atoms with E-state index in [4.69, 9.17) is 11.6 Å². The van der Waals surface area contributed by atoms with Gasteiger partial charge in [0.05, 0.1) is 0 Å². The van der Waals surface area contributed by atoms with Gasteiger partial charge in [-0.05, 0) is 30.2 Å². The molecule has 0 radical (unpaired) electrons. The average molecular weight is 331 g/mol. The number of hydrogen-bond acceptors (Lipinski definition) is 2. The molecular weight excluding hydrogens is 308 g/mol. The zero-order valence-electron chi connectivity index (χ0n) is 13.5. The summed E-state index contributed by atoms with van der Waals surface area (Å²) in [5.74, 6) is 0.183. The molecule has 0 N–H and O–H groups in total. The van der Waals surface area contributed by atoms with Crippen LogP contribution in [0.25, 0.3) is 0 Å². The highest BCUT2D eigenvalue weighted by molar-refractivity contribution is 6.31. The Morgan fingerprint density at radius 3 is 2.65 bits per heavy atom. The van der Waals surface area contributed by atoms with Crippen LogP contribution in [0.15, 0.2) is 48.7 Å².